The van der Waals surface area contributed by atoms with Gasteiger partial charge in [0.25, 0.3) is 5.91 Å². The van der Waals surface area contributed by atoms with Gasteiger partial charge in [0, 0.05) is 29.0 Å². The van der Waals surface area contributed by atoms with Crippen molar-refractivity contribution in [3.8, 4) is 5.75 Å². The Hall–Kier alpha value is -4.85. The van der Waals surface area contributed by atoms with Crippen LogP contribution in [0.2, 0.25) is 0 Å². The number of carboxylic acids is 1. The number of hydrogen-bond acceptors (Lipinski definition) is 5. The number of carbonyl (C=O) groups excluding carboxylic acids is 1. The van der Waals surface area contributed by atoms with Gasteiger partial charge in [0.2, 0.25) is 0 Å². The Balaban J connectivity index is 1.58. The maximum Gasteiger partial charge on any atom is 0.341 e. The molecule has 0 aliphatic carbocycles. The molecule has 0 unspecified atom stereocenters. The van der Waals surface area contributed by atoms with Crippen LogP contribution in [0.1, 0.15) is 27.0 Å². The number of benzene rings is 4. The van der Waals surface area contributed by atoms with Gasteiger partial charge in [0.15, 0.2) is 6.61 Å². The number of nitrogens with one attached hydrogen (secondary N) is 3. The van der Waals surface area contributed by atoms with Gasteiger partial charge in [-0.25, -0.2) is 4.79 Å². The first-order chi connectivity index (χ1) is 17.3. The second kappa shape index (κ2) is 10.6. The van der Waals surface area contributed by atoms with Crippen LogP contribution in [0.15, 0.2) is 78.9 Å². The molecule has 0 aliphatic rings. The van der Waals surface area contributed by atoms with Crippen molar-refractivity contribution >= 4 is 39.9 Å². The van der Waals surface area contributed by atoms with E-state index in [9.17, 15) is 9.59 Å². The predicted molar refractivity (Wildman–Crippen MR) is 141 cm³/mol. The Kier molecular flexibility index (Phi) is 7.15. The standard InChI is InChI=1S/C28H26N4O4/c1-17-6-11-24(23(12-17)28(35)32-22-9-7-18(8-10-22)27(29)30)31-15-21-13-19-4-2-3-5-20(19)14-25(21)36-16-26(33)34/h2-14,31H,15-16H2,1H3,(H3,29,30)(H,32,35)(H,33,34). The summed E-state index contributed by atoms with van der Waals surface area (Å²) in [6, 6.07) is 23.8. The van der Waals surface area contributed by atoms with Crippen LogP contribution in [0.5, 0.6) is 5.75 Å². The van der Waals surface area contributed by atoms with Crippen LogP contribution in [0.3, 0.4) is 0 Å². The Bertz CT molecular complexity index is 1450. The Labute approximate surface area is 208 Å². The average Bonchev–Trinajstić information content (AvgIpc) is 2.86. The fourth-order valence-corrected chi connectivity index (χ4v) is 3.80. The summed E-state index contributed by atoms with van der Waals surface area (Å²) in [6.45, 7) is 1.77. The molecule has 4 rings (SSSR count). The predicted octanol–water partition coefficient (Wildman–Crippen LogP) is 4.76. The number of carbonyl (C=O) groups is 2. The van der Waals surface area contributed by atoms with Crippen molar-refractivity contribution in [3.63, 3.8) is 0 Å². The van der Waals surface area contributed by atoms with Gasteiger partial charge in [-0.1, -0.05) is 35.9 Å². The normalized spacial score (nSPS) is 10.6. The zero-order valence-corrected chi connectivity index (χ0v) is 19.7. The third-order valence-corrected chi connectivity index (χ3v) is 5.62. The van der Waals surface area contributed by atoms with E-state index in [-0.39, 0.29) is 11.7 Å². The number of hydrogen-bond donors (Lipinski definition) is 5. The number of nitrogen functional groups attached to an aromatic ring is 1. The van der Waals surface area contributed by atoms with Crippen molar-refractivity contribution in [1.29, 1.82) is 5.41 Å². The summed E-state index contributed by atoms with van der Waals surface area (Å²) in [5, 5.41) is 24.7. The number of amides is 1. The summed E-state index contributed by atoms with van der Waals surface area (Å²) in [5.41, 5.74) is 9.42. The van der Waals surface area contributed by atoms with Crippen molar-refractivity contribution in [1.82, 2.24) is 0 Å². The summed E-state index contributed by atoms with van der Waals surface area (Å²) in [7, 11) is 0. The second-order valence-electron chi connectivity index (χ2n) is 8.34. The monoisotopic (exact) mass is 482 g/mol. The van der Waals surface area contributed by atoms with Gasteiger partial charge in [-0.15, -0.1) is 0 Å². The van der Waals surface area contributed by atoms with Crippen molar-refractivity contribution in [2.24, 2.45) is 5.73 Å². The van der Waals surface area contributed by atoms with E-state index in [0.717, 1.165) is 21.9 Å². The molecule has 4 aromatic carbocycles. The highest BCUT2D eigenvalue weighted by atomic mass is 16.5. The molecule has 1 amide bonds. The fraction of sp³-hybridized carbons (Fsp3) is 0.107. The minimum absolute atomic E-state index is 0.0431. The minimum atomic E-state index is -1.06. The van der Waals surface area contributed by atoms with Gasteiger partial charge in [-0.2, -0.15) is 0 Å². The van der Waals surface area contributed by atoms with Gasteiger partial charge in [-0.3, -0.25) is 10.2 Å². The minimum Gasteiger partial charge on any atom is -0.482 e. The number of anilines is 2. The molecule has 4 aromatic rings. The summed E-state index contributed by atoms with van der Waals surface area (Å²) in [4.78, 5) is 24.2. The quantitative estimate of drug-likeness (QED) is 0.172. The van der Waals surface area contributed by atoms with Crippen LogP contribution < -0.4 is 21.1 Å². The van der Waals surface area contributed by atoms with Gasteiger partial charge in [0.1, 0.15) is 11.6 Å². The summed E-state index contributed by atoms with van der Waals surface area (Å²) in [5.74, 6) is -0.931. The number of fused-ring (bicyclic) bond motifs is 1. The van der Waals surface area contributed by atoms with E-state index in [1.54, 1.807) is 30.3 Å². The molecule has 8 nitrogen and oxygen atoms in total. The Morgan fingerprint density at radius 1 is 0.972 bits per heavy atom. The smallest absolute Gasteiger partial charge is 0.341 e. The van der Waals surface area contributed by atoms with Crippen LogP contribution in [-0.4, -0.2) is 29.4 Å². The molecule has 0 radical (unpaired) electrons. The zero-order valence-electron chi connectivity index (χ0n) is 19.7. The van der Waals surface area contributed by atoms with Gasteiger partial charge in [-0.05, 0) is 66.2 Å². The van der Waals surface area contributed by atoms with Crippen LogP contribution in [-0.2, 0) is 11.3 Å². The topological polar surface area (TPSA) is 138 Å². The van der Waals surface area contributed by atoms with E-state index < -0.39 is 12.6 Å². The Morgan fingerprint density at radius 3 is 2.33 bits per heavy atom. The van der Waals surface area contributed by atoms with Gasteiger partial charge in [0.05, 0.1) is 5.56 Å². The molecule has 0 aromatic heterocycles. The zero-order chi connectivity index (χ0) is 25.7. The molecule has 0 heterocycles. The number of aryl methyl sites for hydroxylation is 1. The maximum atomic E-state index is 13.1. The van der Waals surface area contributed by atoms with Crippen molar-refractivity contribution in [3.05, 3.63) is 101 Å². The highest BCUT2D eigenvalue weighted by Gasteiger charge is 2.14. The molecule has 0 fully saturated rings. The van der Waals surface area contributed by atoms with Crippen LogP contribution in [0.4, 0.5) is 11.4 Å². The second-order valence-corrected chi connectivity index (χ2v) is 8.34. The lowest BCUT2D eigenvalue weighted by Gasteiger charge is -2.16. The van der Waals surface area contributed by atoms with Crippen LogP contribution >= 0.6 is 0 Å². The SMILES string of the molecule is Cc1ccc(NCc2cc3ccccc3cc2OCC(=O)O)c(C(=O)Nc2ccc(C(=N)N)cc2)c1. The first-order valence-corrected chi connectivity index (χ1v) is 11.3. The lowest BCUT2D eigenvalue weighted by atomic mass is 10.0. The van der Waals surface area contributed by atoms with Crippen molar-refractivity contribution in [2.75, 3.05) is 17.2 Å². The lowest BCUT2D eigenvalue weighted by molar-refractivity contribution is -0.139. The van der Waals surface area contributed by atoms with E-state index in [1.165, 1.54) is 0 Å². The molecular weight excluding hydrogens is 456 g/mol. The van der Waals surface area contributed by atoms with Gasteiger partial charge >= 0.3 is 5.97 Å². The molecule has 8 heteroatoms. The number of ether oxygens (including phenoxy) is 1. The van der Waals surface area contributed by atoms with Crippen LogP contribution in [0.25, 0.3) is 10.8 Å². The maximum absolute atomic E-state index is 13.1. The molecule has 36 heavy (non-hydrogen) atoms. The molecule has 0 aliphatic heterocycles. The molecule has 182 valence electrons. The number of aliphatic carboxylic acids is 1. The van der Waals surface area contributed by atoms with E-state index >= 15 is 0 Å². The summed E-state index contributed by atoms with van der Waals surface area (Å²) in [6.07, 6.45) is 0. The highest BCUT2D eigenvalue weighted by Crippen LogP contribution is 2.28. The fourth-order valence-electron chi connectivity index (χ4n) is 3.80. The molecule has 0 spiro atoms. The molecule has 0 saturated carbocycles. The molecular formula is C28H26N4O4. The average molecular weight is 483 g/mol. The molecule has 0 bridgehead atoms. The van der Waals surface area contributed by atoms with E-state index in [1.807, 2.05) is 55.5 Å². The number of amidine groups is 1. The van der Waals surface area contributed by atoms with E-state index in [0.29, 0.717) is 34.8 Å². The van der Waals surface area contributed by atoms with Gasteiger partial charge < -0.3 is 26.2 Å². The largest absolute Gasteiger partial charge is 0.482 e. The Morgan fingerprint density at radius 2 is 1.67 bits per heavy atom. The number of carboxylic acid groups (broad SMARTS) is 1. The molecule has 0 saturated heterocycles. The molecule has 6 N–H and O–H groups in total. The van der Waals surface area contributed by atoms with Crippen LogP contribution in [0, 0.1) is 12.3 Å². The number of rotatable bonds is 9. The first-order valence-electron chi connectivity index (χ1n) is 11.3. The van der Waals surface area contributed by atoms with E-state index in [4.69, 9.17) is 21.0 Å². The van der Waals surface area contributed by atoms with Crippen molar-refractivity contribution in [2.45, 2.75) is 13.5 Å². The first kappa shape index (κ1) is 24.3. The molecule has 0 atom stereocenters. The summed E-state index contributed by atoms with van der Waals surface area (Å²) >= 11 is 0. The number of nitrogens with two attached hydrogens (primary N) is 1. The summed E-state index contributed by atoms with van der Waals surface area (Å²) < 4.78 is 5.55. The van der Waals surface area contributed by atoms with E-state index in [2.05, 4.69) is 10.6 Å². The lowest BCUT2D eigenvalue weighted by Crippen LogP contribution is -2.16. The van der Waals surface area contributed by atoms with Crippen molar-refractivity contribution < 1.29 is 19.4 Å². The third-order valence-electron chi connectivity index (χ3n) is 5.62. The third kappa shape index (κ3) is 5.79. The highest BCUT2D eigenvalue weighted by molar-refractivity contribution is 6.08.